The van der Waals surface area contributed by atoms with E-state index in [0.717, 1.165) is 6.42 Å². The highest BCUT2D eigenvalue weighted by atomic mass is 16.3. The number of carbonyl (C=O) groups excluding carboxylic acids is 1. The van der Waals surface area contributed by atoms with Crippen LogP contribution in [0.1, 0.15) is 26.7 Å². The lowest BCUT2D eigenvalue weighted by Crippen LogP contribution is -2.37. The van der Waals surface area contributed by atoms with Gasteiger partial charge in [0.1, 0.15) is 5.78 Å². The van der Waals surface area contributed by atoms with E-state index in [0.29, 0.717) is 6.42 Å². The summed E-state index contributed by atoms with van der Waals surface area (Å²) in [6, 6.07) is 0. The maximum absolute atomic E-state index is 11.6. The molecule has 2 nitrogen and oxygen atoms in total. The highest BCUT2D eigenvalue weighted by molar-refractivity contribution is 5.84. The molecule has 1 aliphatic carbocycles. The predicted molar refractivity (Wildman–Crippen MR) is 52.3 cm³/mol. The summed E-state index contributed by atoms with van der Waals surface area (Å²) in [7, 11) is 0. The lowest BCUT2D eigenvalue weighted by molar-refractivity contribution is -0.126. The standard InChI is InChI=1S/C11H16O2/c1-3-6-10(12)9-7-4-5-8-11(9,2)13/h4-5,7-9,13H,3,6H2,1-2H3. The number of Topliss-reactive ketones (excluding diaryl/α,β-unsaturated/α-hetero) is 1. The maximum atomic E-state index is 11.6. The van der Waals surface area contributed by atoms with E-state index in [-0.39, 0.29) is 11.7 Å². The molecule has 1 N–H and O–H groups in total. The fourth-order valence-corrected chi connectivity index (χ4v) is 1.56. The number of rotatable bonds is 3. The topological polar surface area (TPSA) is 37.3 Å². The minimum Gasteiger partial charge on any atom is -0.385 e. The first-order valence-corrected chi connectivity index (χ1v) is 4.69. The minimum absolute atomic E-state index is 0.119. The number of hydrogen-bond donors (Lipinski definition) is 1. The van der Waals surface area contributed by atoms with Gasteiger partial charge >= 0.3 is 0 Å². The summed E-state index contributed by atoms with van der Waals surface area (Å²) in [5.74, 6) is -0.245. The quantitative estimate of drug-likeness (QED) is 0.719. The highest BCUT2D eigenvalue weighted by Crippen LogP contribution is 2.25. The fraction of sp³-hybridized carbons (Fsp3) is 0.545. The summed E-state index contributed by atoms with van der Waals surface area (Å²) in [6.07, 6.45) is 8.41. The van der Waals surface area contributed by atoms with Crippen LogP contribution >= 0.6 is 0 Å². The molecule has 0 saturated carbocycles. The van der Waals surface area contributed by atoms with Gasteiger partial charge in [0, 0.05) is 6.42 Å². The molecule has 0 aliphatic heterocycles. The second-order valence-corrected chi connectivity index (χ2v) is 3.66. The minimum atomic E-state index is -0.999. The molecule has 2 unspecified atom stereocenters. The summed E-state index contributed by atoms with van der Waals surface area (Å²) in [6.45, 7) is 3.64. The third kappa shape index (κ3) is 2.28. The van der Waals surface area contributed by atoms with Gasteiger partial charge < -0.3 is 5.11 Å². The van der Waals surface area contributed by atoms with Crippen LogP contribution in [0.4, 0.5) is 0 Å². The molecule has 0 radical (unpaired) electrons. The molecule has 0 amide bonds. The first kappa shape index (κ1) is 10.2. The number of hydrogen-bond acceptors (Lipinski definition) is 2. The van der Waals surface area contributed by atoms with Gasteiger partial charge in [0.15, 0.2) is 0 Å². The summed E-state index contributed by atoms with van der Waals surface area (Å²) in [5, 5.41) is 9.87. The first-order valence-electron chi connectivity index (χ1n) is 4.69. The monoisotopic (exact) mass is 180 g/mol. The Morgan fingerprint density at radius 2 is 2.23 bits per heavy atom. The molecule has 0 aromatic heterocycles. The fourth-order valence-electron chi connectivity index (χ4n) is 1.56. The van der Waals surface area contributed by atoms with Crippen LogP contribution < -0.4 is 0 Å². The SMILES string of the molecule is CCCC(=O)C1C=CC=CC1(C)O. The van der Waals surface area contributed by atoms with E-state index in [1.165, 1.54) is 0 Å². The number of carbonyl (C=O) groups is 1. The lowest BCUT2D eigenvalue weighted by Gasteiger charge is -2.28. The van der Waals surface area contributed by atoms with Gasteiger partial charge in [-0.3, -0.25) is 4.79 Å². The van der Waals surface area contributed by atoms with E-state index < -0.39 is 5.60 Å². The summed E-state index contributed by atoms with van der Waals surface area (Å²) in [4.78, 5) is 11.6. The van der Waals surface area contributed by atoms with Crippen molar-refractivity contribution in [3.63, 3.8) is 0 Å². The Kier molecular flexibility index (Phi) is 3.04. The highest BCUT2D eigenvalue weighted by Gasteiger charge is 2.33. The average Bonchev–Trinajstić information content (AvgIpc) is 2.03. The molecular formula is C11H16O2. The van der Waals surface area contributed by atoms with E-state index in [2.05, 4.69) is 0 Å². The second kappa shape index (κ2) is 3.88. The second-order valence-electron chi connectivity index (χ2n) is 3.66. The zero-order valence-corrected chi connectivity index (χ0v) is 8.16. The van der Waals surface area contributed by atoms with Crippen LogP contribution in [-0.2, 0) is 4.79 Å². The van der Waals surface area contributed by atoms with Crippen molar-refractivity contribution < 1.29 is 9.90 Å². The van der Waals surface area contributed by atoms with Crippen molar-refractivity contribution in [2.45, 2.75) is 32.3 Å². The van der Waals surface area contributed by atoms with Crippen LogP contribution in [0, 0.1) is 5.92 Å². The molecule has 2 heteroatoms. The van der Waals surface area contributed by atoms with Gasteiger partial charge in [-0.1, -0.05) is 31.2 Å². The molecule has 0 saturated heterocycles. The van der Waals surface area contributed by atoms with Gasteiger partial charge in [-0.15, -0.1) is 0 Å². The van der Waals surface area contributed by atoms with Crippen molar-refractivity contribution in [1.29, 1.82) is 0 Å². The van der Waals surface area contributed by atoms with Crippen LogP contribution in [0.25, 0.3) is 0 Å². The Morgan fingerprint density at radius 1 is 1.54 bits per heavy atom. The van der Waals surface area contributed by atoms with Gasteiger partial charge in [-0.25, -0.2) is 0 Å². The van der Waals surface area contributed by atoms with Crippen LogP contribution in [0.15, 0.2) is 24.3 Å². The Labute approximate surface area is 79.0 Å². The first-order chi connectivity index (χ1) is 6.08. The van der Waals surface area contributed by atoms with Crippen molar-refractivity contribution >= 4 is 5.78 Å². The Bertz CT molecular complexity index is 249. The van der Waals surface area contributed by atoms with E-state index >= 15 is 0 Å². The average molecular weight is 180 g/mol. The summed E-state index contributed by atoms with van der Waals surface area (Å²) >= 11 is 0. The number of ketones is 1. The van der Waals surface area contributed by atoms with Crippen LogP contribution in [0.2, 0.25) is 0 Å². The van der Waals surface area contributed by atoms with Crippen LogP contribution in [-0.4, -0.2) is 16.5 Å². The maximum Gasteiger partial charge on any atom is 0.142 e. The Hall–Kier alpha value is -0.890. The van der Waals surface area contributed by atoms with Crippen molar-refractivity contribution in [3.8, 4) is 0 Å². The zero-order valence-electron chi connectivity index (χ0n) is 8.16. The Morgan fingerprint density at radius 3 is 2.77 bits per heavy atom. The van der Waals surface area contributed by atoms with Crippen molar-refractivity contribution in [2.24, 2.45) is 5.92 Å². The molecule has 0 bridgehead atoms. The van der Waals surface area contributed by atoms with Gasteiger partial charge in [0.2, 0.25) is 0 Å². The molecule has 0 spiro atoms. The normalized spacial score (nSPS) is 32.1. The summed E-state index contributed by atoms with van der Waals surface area (Å²) < 4.78 is 0. The third-order valence-electron chi connectivity index (χ3n) is 2.32. The van der Waals surface area contributed by atoms with Gasteiger partial charge in [-0.05, 0) is 13.3 Å². The molecule has 0 heterocycles. The van der Waals surface area contributed by atoms with Crippen LogP contribution in [0.5, 0.6) is 0 Å². The molecule has 2 atom stereocenters. The van der Waals surface area contributed by atoms with Gasteiger partial charge in [-0.2, -0.15) is 0 Å². The largest absolute Gasteiger partial charge is 0.385 e. The molecule has 1 rings (SSSR count). The van der Waals surface area contributed by atoms with Crippen molar-refractivity contribution in [3.05, 3.63) is 24.3 Å². The predicted octanol–water partition coefficient (Wildman–Crippen LogP) is 1.85. The van der Waals surface area contributed by atoms with Gasteiger partial charge in [0.25, 0.3) is 0 Å². The molecule has 72 valence electrons. The van der Waals surface area contributed by atoms with Crippen molar-refractivity contribution in [1.82, 2.24) is 0 Å². The molecule has 13 heavy (non-hydrogen) atoms. The molecule has 1 aliphatic rings. The van der Waals surface area contributed by atoms with Crippen molar-refractivity contribution in [2.75, 3.05) is 0 Å². The van der Waals surface area contributed by atoms with Gasteiger partial charge in [0.05, 0.1) is 11.5 Å². The van der Waals surface area contributed by atoms with E-state index in [1.54, 1.807) is 25.2 Å². The smallest absolute Gasteiger partial charge is 0.142 e. The third-order valence-corrected chi connectivity index (χ3v) is 2.32. The van der Waals surface area contributed by atoms with E-state index in [1.807, 2.05) is 13.0 Å². The number of allylic oxidation sites excluding steroid dienone is 2. The number of aliphatic hydroxyl groups is 1. The molecular weight excluding hydrogens is 164 g/mol. The summed E-state index contributed by atoms with van der Waals surface area (Å²) in [5.41, 5.74) is -0.999. The van der Waals surface area contributed by atoms with Crippen LogP contribution in [0.3, 0.4) is 0 Å². The molecule has 0 fully saturated rings. The Balaban J connectivity index is 2.74. The lowest BCUT2D eigenvalue weighted by atomic mass is 9.81. The molecule has 0 aromatic carbocycles. The zero-order chi connectivity index (χ0) is 9.90. The molecule has 0 aromatic rings. The van der Waals surface area contributed by atoms with E-state index in [4.69, 9.17) is 0 Å². The van der Waals surface area contributed by atoms with E-state index in [9.17, 15) is 9.90 Å².